The van der Waals surface area contributed by atoms with Crippen LogP contribution in [0.1, 0.15) is 61.3 Å². The number of carbonyl (C=O) groups is 2. The number of rotatable bonds is 10. The topological polar surface area (TPSA) is 73.9 Å². The number of hydrogen-bond acceptors (Lipinski definition) is 5. The van der Waals surface area contributed by atoms with Gasteiger partial charge in [0.25, 0.3) is 0 Å². The summed E-state index contributed by atoms with van der Waals surface area (Å²) in [5.74, 6) is 0.183. The van der Waals surface area contributed by atoms with Crippen molar-refractivity contribution in [2.45, 2.75) is 73.0 Å². The summed E-state index contributed by atoms with van der Waals surface area (Å²) >= 11 is 0. The van der Waals surface area contributed by atoms with Crippen LogP contribution in [0.5, 0.6) is 0 Å². The summed E-state index contributed by atoms with van der Waals surface area (Å²) < 4.78 is 15.7. The fraction of sp³-hybridized carbons (Fsp3) is 0.889. The van der Waals surface area contributed by atoms with Gasteiger partial charge in [0.1, 0.15) is 12.2 Å². The fourth-order valence-electron chi connectivity index (χ4n) is 2.18. The molecule has 0 bridgehead atoms. The summed E-state index contributed by atoms with van der Waals surface area (Å²) in [7, 11) is 0. The van der Waals surface area contributed by atoms with E-state index in [0.717, 1.165) is 6.42 Å². The van der Waals surface area contributed by atoms with Crippen LogP contribution in [0.15, 0.2) is 0 Å². The molecule has 0 radical (unpaired) electrons. The molecule has 0 saturated heterocycles. The number of alkyl carbamates (subject to hydrolysis) is 1. The lowest BCUT2D eigenvalue weighted by Crippen LogP contribution is -2.36. The molecular weight excluding hydrogens is 310 g/mol. The highest BCUT2D eigenvalue weighted by atomic mass is 16.6. The average Bonchev–Trinajstić information content (AvgIpc) is 2.38. The van der Waals surface area contributed by atoms with Crippen LogP contribution >= 0.6 is 0 Å². The number of hydrogen-bond donors (Lipinski definition) is 1. The van der Waals surface area contributed by atoms with Gasteiger partial charge in [0.05, 0.1) is 19.1 Å². The van der Waals surface area contributed by atoms with Crippen molar-refractivity contribution >= 4 is 12.1 Å². The zero-order valence-corrected chi connectivity index (χ0v) is 16.3. The maximum atomic E-state index is 11.9. The smallest absolute Gasteiger partial charge is 0.407 e. The van der Waals surface area contributed by atoms with Gasteiger partial charge in [-0.25, -0.2) is 4.79 Å². The number of amides is 1. The minimum absolute atomic E-state index is 0.0241. The normalized spacial score (nSPS) is 13.0. The van der Waals surface area contributed by atoms with Crippen molar-refractivity contribution in [3.05, 3.63) is 0 Å². The van der Waals surface area contributed by atoms with E-state index in [0.29, 0.717) is 19.1 Å². The van der Waals surface area contributed by atoms with Crippen molar-refractivity contribution < 1.29 is 23.8 Å². The minimum Gasteiger partial charge on any atom is -0.463 e. The van der Waals surface area contributed by atoms with Crippen LogP contribution in [0.4, 0.5) is 4.79 Å². The van der Waals surface area contributed by atoms with Crippen LogP contribution in [-0.4, -0.2) is 43.5 Å². The molecule has 0 aliphatic rings. The molecule has 1 unspecified atom stereocenters. The summed E-state index contributed by atoms with van der Waals surface area (Å²) in [6.45, 7) is 14.5. The Bertz CT molecular complexity index is 374. The molecule has 6 nitrogen and oxygen atoms in total. The Kier molecular flexibility index (Phi) is 10.7. The maximum absolute atomic E-state index is 11.9. The fourth-order valence-corrected chi connectivity index (χ4v) is 2.18. The molecule has 0 spiro atoms. The summed E-state index contributed by atoms with van der Waals surface area (Å²) in [6.07, 6.45) is 0.758. The Labute approximate surface area is 146 Å². The molecule has 0 aromatic rings. The molecule has 1 atom stereocenters. The molecule has 1 N–H and O–H groups in total. The summed E-state index contributed by atoms with van der Waals surface area (Å²) in [4.78, 5) is 23.7. The van der Waals surface area contributed by atoms with E-state index in [4.69, 9.17) is 14.2 Å². The second kappa shape index (κ2) is 11.3. The van der Waals surface area contributed by atoms with Crippen molar-refractivity contribution in [3.63, 3.8) is 0 Å². The minimum atomic E-state index is -0.535. The zero-order chi connectivity index (χ0) is 18.8. The molecule has 0 aliphatic heterocycles. The SMILES string of the molecule is CC(C)CC(CNC(=O)OC(C)(C)C)CC(=O)OCCOC(C)C. The third-order valence-corrected chi connectivity index (χ3v) is 2.99. The largest absolute Gasteiger partial charge is 0.463 e. The van der Waals surface area contributed by atoms with Crippen molar-refractivity contribution in [2.75, 3.05) is 19.8 Å². The van der Waals surface area contributed by atoms with Crippen LogP contribution in [0, 0.1) is 11.8 Å². The Morgan fingerprint density at radius 3 is 2.17 bits per heavy atom. The van der Waals surface area contributed by atoms with Gasteiger partial charge in [-0.1, -0.05) is 13.8 Å². The van der Waals surface area contributed by atoms with Crippen molar-refractivity contribution in [1.82, 2.24) is 5.32 Å². The molecule has 0 aromatic heterocycles. The van der Waals surface area contributed by atoms with Gasteiger partial charge in [-0.2, -0.15) is 0 Å². The van der Waals surface area contributed by atoms with E-state index in [1.54, 1.807) is 0 Å². The van der Waals surface area contributed by atoms with E-state index in [1.807, 2.05) is 34.6 Å². The lowest BCUT2D eigenvalue weighted by molar-refractivity contribution is -0.146. The molecule has 0 saturated carbocycles. The van der Waals surface area contributed by atoms with E-state index in [1.165, 1.54) is 0 Å². The molecule has 142 valence electrons. The predicted octanol–water partition coefficient (Wildman–Crippen LogP) is 3.53. The molecule has 6 heteroatoms. The van der Waals surface area contributed by atoms with Gasteiger partial charge in [-0.05, 0) is 52.9 Å². The second-order valence-corrected chi connectivity index (χ2v) is 7.72. The molecule has 24 heavy (non-hydrogen) atoms. The zero-order valence-electron chi connectivity index (χ0n) is 16.3. The Balaban J connectivity index is 4.25. The van der Waals surface area contributed by atoms with Crippen LogP contribution in [0.3, 0.4) is 0 Å². The quantitative estimate of drug-likeness (QED) is 0.484. The van der Waals surface area contributed by atoms with E-state index >= 15 is 0 Å². The van der Waals surface area contributed by atoms with Gasteiger partial charge in [-0.15, -0.1) is 0 Å². The molecule has 0 aliphatic carbocycles. The number of carbonyl (C=O) groups excluding carboxylic acids is 2. The second-order valence-electron chi connectivity index (χ2n) is 7.72. The first kappa shape index (κ1) is 22.7. The molecule has 0 aromatic carbocycles. The summed E-state index contributed by atoms with van der Waals surface area (Å²) in [5.41, 5.74) is -0.535. The van der Waals surface area contributed by atoms with Crippen LogP contribution in [0.2, 0.25) is 0 Å². The lowest BCUT2D eigenvalue weighted by atomic mass is 9.94. The van der Waals surface area contributed by atoms with Crippen LogP contribution in [-0.2, 0) is 19.0 Å². The molecule has 0 fully saturated rings. The predicted molar refractivity (Wildman–Crippen MR) is 93.8 cm³/mol. The third-order valence-electron chi connectivity index (χ3n) is 2.99. The number of ether oxygens (including phenoxy) is 3. The number of esters is 1. The van der Waals surface area contributed by atoms with Gasteiger partial charge >= 0.3 is 12.1 Å². The Morgan fingerprint density at radius 1 is 1.04 bits per heavy atom. The molecular formula is C18H35NO5. The van der Waals surface area contributed by atoms with Gasteiger partial charge in [-0.3, -0.25) is 4.79 Å². The van der Waals surface area contributed by atoms with Crippen LogP contribution < -0.4 is 5.32 Å². The van der Waals surface area contributed by atoms with E-state index in [9.17, 15) is 9.59 Å². The highest BCUT2D eigenvalue weighted by Crippen LogP contribution is 2.16. The van der Waals surface area contributed by atoms with Gasteiger partial charge < -0.3 is 19.5 Å². The van der Waals surface area contributed by atoms with E-state index < -0.39 is 11.7 Å². The Morgan fingerprint density at radius 2 is 1.67 bits per heavy atom. The van der Waals surface area contributed by atoms with Crippen molar-refractivity contribution in [3.8, 4) is 0 Å². The highest BCUT2D eigenvalue weighted by molar-refractivity contribution is 5.70. The van der Waals surface area contributed by atoms with Crippen LogP contribution in [0.25, 0.3) is 0 Å². The summed E-state index contributed by atoms with van der Waals surface area (Å²) in [6, 6.07) is 0. The standard InChI is InChI=1S/C18H35NO5/c1-13(2)10-15(12-19-17(21)24-18(5,6)7)11-16(20)23-9-8-22-14(3)4/h13-15H,8-12H2,1-7H3,(H,19,21). The van der Waals surface area contributed by atoms with Gasteiger partial charge in [0.15, 0.2) is 0 Å². The number of nitrogens with one attached hydrogen (secondary N) is 1. The lowest BCUT2D eigenvalue weighted by Gasteiger charge is -2.22. The maximum Gasteiger partial charge on any atom is 0.407 e. The first-order valence-corrected chi connectivity index (χ1v) is 8.73. The first-order chi connectivity index (χ1) is 11.0. The van der Waals surface area contributed by atoms with E-state index in [2.05, 4.69) is 19.2 Å². The summed E-state index contributed by atoms with van der Waals surface area (Å²) in [5, 5.41) is 2.74. The monoisotopic (exact) mass is 345 g/mol. The van der Waals surface area contributed by atoms with Crippen molar-refractivity contribution in [2.24, 2.45) is 11.8 Å². The highest BCUT2D eigenvalue weighted by Gasteiger charge is 2.20. The van der Waals surface area contributed by atoms with Gasteiger partial charge in [0.2, 0.25) is 0 Å². The first-order valence-electron chi connectivity index (χ1n) is 8.73. The average molecular weight is 345 g/mol. The molecule has 1 amide bonds. The molecule has 0 rings (SSSR count). The Hall–Kier alpha value is -1.30. The van der Waals surface area contributed by atoms with E-state index in [-0.39, 0.29) is 31.0 Å². The third kappa shape index (κ3) is 14.3. The van der Waals surface area contributed by atoms with Gasteiger partial charge in [0, 0.05) is 6.54 Å². The molecule has 0 heterocycles. The van der Waals surface area contributed by atoms with Crippen molar-refractivity contribution in [1.29, 1.82) is 0 Å².